The van der Waals surface area contributed by atoms with Gasteiger partial charge in [0.05, 0.1) is 13.2 Å². The molecule has 0 aromatic rings. The second-order valence-electron chi connectivity index (χ2n) is 21.6. The van der Waals surface area contributed by atoms with Crippen molar-refractivity contribution < 1.29 is 37.6 Å². The van der Waals surface area contributed by atoms with Gasteiger partial charge in [0.15, 0.2) is 6.10 Å². The summed E-state index contributed by atoms with van der Waals surface area (Å²) in [6.45, 7) is 3.78. The maximum Gasteiger partial charge on any atom is 0.472 e. The first-order valence-corrected chi connectivity index (χ1v) is 33.2. The maximum atomic E-state index is 12.7. The predicted octanol–water partition coefficient (Wildman–Crippen LogP) is 20.0. The average Bonchev–Trinajstić information content (AvgIpc) is 3.37. The Kier molecular flexibility index (Phi) is 58.0. The van der Waals surface area contributed by atoms with Crippen LogP contribution in [0.3, 0.4) is 0 Å². The quantitative estimate of drug-likeness (QED) is 0.0264. The molecule has 10 heteroatoms. The number of esters is 2. The lowest BCUT2D eigenvalue weighted by Gasteiger charge is -2.19. The molecule has 0 aromatic carbocycles. The molecule has 0 aromatic heterocycles. The third-order valence-electron chi connectivity index (χ3n) is 14.4. The van der Waals surface area contributed by atoms with Crippen molar-refractivity contribution >= 4 is 19.8 Å². The van der Waals surface area contributed by atoms with Gasteiger partial charge in [-0.1, -0.05) is 302 Å². The number of phosphoric acid groups is 1. The number of carbonyl (C=O) groups excluding carboxylic acids is 2. The summed E-state index contributed by atoms with van der Waals surface area (Å²) in [6, 6.07) is 0. The summed E-state index contributed by atoms with van der Waals surface area (Å²) in [6.07, 6.45) is 69.1. The topological polar surface area (TPSA) is 134 Å². The lowest BCUT2D eigenvalue weighted by atomic mass is 10.0. The van der Waals surface area contributed by atoms with Crippen LogP contribution < -0.4 is 5.73 Å². The van der Waals surface area contributed by atoms with Crippen LogP contribution in [0.25, 0.3) is 0 Å². The Morgan fingerprint density at radius 2 is 0.681 bits per heavy atom. The van der Waals surface area contributed by atoms with Gasteiger partial charge < -0.3 is 20.1 Å². The SMILES string of the molecule is CCCCCCCCCC/C=C\CCCCCCCCCCCCCCCCCCCCCCCCCCCCCCCC(=O)OC(COC(=O)CCCCCCCCCCCC)COP(=O)(O)OCCN. The zero-order chi connectivity index (χ0) is 52.4. The number of rotatable bonds is 61. The Hall–Kier alpha value is -1.25. The van der Waals surface area contributed by atoms with Crippen LogP contribution in [-0.4, -0.2) is 49.3 Å². The summed E-state index contributed by atoms with van der Waals surface area (Å²) in [5.74, 6) is -0.811. The van der Waals surface area contributed by atoms with E-state index in [9.17, 15) is 19.0 Å². The standard InChI is InChI=1S/C62H122NO8P/c1-3-5-7-9-11-13-15-16-17-18-19-20-21-22-23-24-25-26-27-28-29-30-31-32-33-34-35-36-37-38-39-40-41-42-43-44-45-47-49-51-53-55-62(65)71-60(59-70-72(66,67)69-57-56-63)58-68-61(64)54-52-50-48-46-14-12-10-8-6-4-2/h18-19,60H,3-17,20-59,63H2,1-2H3,(H,66,67)/b19-18-. The van der Waals surface area contributed by atoms with Gasteiger partial charge in [-0.15, -0.1) is 0 Å². The number of carbonyl (C=O) groups is 2. The van der Waals surface area contributed by atoms with Crippen LogP contribution in [0.1, 0.15) is 341 Å². The van der Waals surface area contributed by atoms with Crippen molar-refractivity contribution in [3.05, 3.63) is 12.2 Å². The van der Waals surface area contributed by atoms with Gasteiger partial charge in [-0.25, -0.2) is 4.57 Å². The first-order chi connectivity index (χ1) is 35.3. The van der Waals surface area contributed by atoms with Crippen LogP contribution >= 0.6 is 7.82 Å². The highest BCUT2D eigenvalue weighted by Gasteiger charge is 2.26. The molecule has 428 valence electrons. The molecule has 0 heterocycles. The molecule has 0 aliphatic heterocycles. The van der Waals surface area contributed by atoms with Gasteiger partial charge in [0.2, 0.25) is 0 Å². The number of hydrogen-bond donors (Lipinski definition) is 2. The smallest absolute Gasteiger partial charge is 0.462 e. The highest BCUT2D eigenvalue weighted by molar-refractivity contribution is 7.47. The minimum Gasteiger partial charge on any atom is -0.462 e. The van der Waals surface area contributed by atoms with Crippen molar-refractivity contribution in [3.8, 4) is 0 Å². The molecular weight excluding hydrogens is 918 g/mol. The Morgan fingerprint density at radius 1 is 0.403 bits per heavy atom. The largest absolute Gasteiger partial charge is 0.472 e. The van der Waals surface area contributed by atoms with Gasteiger partial charge in [0.25, 0.3) is 0 Å². The minimum atomic E-state index is -4.37. The summed E-state index contributed by atoms with van der Waals surface area (Å²) < 4.78 is 32.9. The van der Waals surface area contributed by atoms with Crippen LogP contribution in [0.4, 0.5) is 0 Å². The molecule has 2 atom stereocenters. The number of allylic oxidation sites excluding steroid dienone is 2. The summed E-state index contributed by atoms with van der Waals surface area (Å²) in [5, 5.41) is 0. The van der Waals surface area contributed by atoms with Crippen molar-refractivity contribution in [1.29, 1.82) is 0 Å². The molecule has 0 aliphatic carbocycles. The van der Waals surface area contributed by atoms with Crippen LogP contribution in [0, 0.1) is 0 Å². The third-order valence-corrected chi connectivity index (χ3v) is 15.4. The molecule has 0 bridgehead atoms. The Bertz CT molecular complexity index is 1190. The van der Waals surface area contributed by atoms with Crippen molar-refractivity contribution in [3.63, 3.8) is 0 Å². The molecule has 9 nitrogen and oxygen atoms in total. The van der Waals surface area contributed by atoms with E-state index in [0.717, 1.165) is 32.1 Å². The lowest BCUT2D eigenvalue weighted by Crippen LogP contribution is -2.29. The zero-order valence-corrected chi connectivity index (χ0v) is 48.8. The molecule has 3 N–H and O–H groups in total. The van der Waals surface area contributed by atoms with E-state index >= 15 is 0 Å². The van der Waals surface area contributed by atoms with Crippen molar-refractivity contribution in [1.82, 2.24) is 0 Å². The van der Waals surface area contributed by atoms with Crippen LogP contribution in [-0.2, 0) is 32.7 Å². The molecule has 0 rings (SSSR count). The molecule has 0 aliphatic rings. The Labute approximate surface area is 447 Å². The summed E-state index contributed by atoms with van der Waals surface area (Å²) in [5.41, 5.74) is 5.37. The molecule has 72 heavy (non-hydrogen) atoms. The lowest BCUT2D eigenvalue weighted by molar-refractivity contribution is -0.161. The first kappa shape index (κ1) is 70.8. The van der Waals surface area contributed by atoms with Gasteiger partial charge >= 0.3 is 19.8 Å². The summed E-state index contributed by atoms with van der Waals surface area (Å²) in [7, 11) is -4.37. The second-order valence-corrected chi connectivity index (χ2v) is 23.1. The number of hydrogen-bond acceptors (Lipinski definition) is 8. The number of nitrogens with two attached hydrogens (primary N) is 1. The zero-order valence-electron chi connectivity index (χ0n) is 48.0. The van der Waals surface area contributed by atoms with Crippen molar-refractivity contribution in [2.45, 2.75) is 347 Å². The number of unbranched alkanes of at least 4 members (excludes halogenated alkanes) is 46. The molecule has 0 saturated heterocycles. The van der Waals surface area contributed by atoms with Gasteiger partial charge in [-0.3, -0.25) is 18.6 Å². The van der Waals surface area contributed by atoms with Gasteiger partial charge in [0.1, 0.15) is 6.61 Å². The fourth-order valence-corrected chi connectivity index (χ4v) is 10.5. The van der Waals surface area contributed by atoms with E-state index in [0.29, 0.717) is 6.42 Å². The fourth-order valence-electron chi connectivity index (χ4n) is 9.69. The van der Waals surface area contributed by atoms with E-state index in [2.05, 4.69) is 26.0 Å². The van der Waals surface area contributed by atoms with E-state index in [-0.39, 0.29) is 38.6 Å². The van der Waals surface area contributed by atoms with E-state index in [1.54, 1.807) is 0 Å². The molecule has 0 saturated carbocycles. The van der Waals surface area contributed by atoms with E-state index in [4.69, 9.17) is 24.3 Å². The first-order valence-electron chi connectivity index (χ1n) is 31.7. The molecular formula is C62H122NO8P. The van der Waals surface area contributed by atoms with E-state index in [1.165, 1.54) is 276 Å². The third kappa shape index (κ3) is 58.0. The Morgan fingerprint density at radius 3 is 0.986 bits per heavy atom. The van der Waals surface area contributed by atoms with Crippen molar-refractivity contribution in [2.75, 3.05) is 26.4 Å². The van der Waals surface area contributed by atoms with Gasteiger partial charge in [-0.05, 0) is 38.5 Å². The van der Waals surface area contributed by atoms with E-state index < -0.39 is 26.5 Å². The molecule has 0 radical (unpaired) electrons. The summed E-state index contributed by atoms with van der Waals surface area (Å²) in [4.78, 5) is 35.0. The molecule has 0 fully saturated rings. The Balaban J connectivity index is 3.63. The predicted molar refractivity (Wildman–Crippen MR) is 308 cm³/mol. The molecule has 0 spiro atoms. The normalized spacial score (nSPS) is 13.0. The maximum absolute atomic E-state index is 12.7. The number of phosphoric ester groups is 1. The fraction of sp³-hybridized carbons (Fsp3) is 0.935. The average molecular weight is 1040 g/mol. The van der Waals surface area contributed by atoms with Crippen LogP contribution in [0.15, 0.2) is 12.2 Å². The van der Waals surface area contributed by atoms with Crippen molar-refractivity contribution in [2.24, 2.45) is 5.73 Å². The number of ether oxygens (including phenoxy) is 2. The van der Waals surface area contributed by atoms with Crippen LogP contribution in [0.2, 0.25) is 0 Å². The second kappa shape index (κ2) is 59.0. The van der Waals surface area contributed by atoms with Crippen LogP contribution in [0.5, 0.6) is 0 Å². The monoisotopic (exact) mass is 1040 g/mol. The van der Waals surface area contributed by atoms with E-state index in [1.807, 2.05) is 0 Å². The minimum absolute atomic E-state index is 0.0577. The summed E-state index contributed by atoms with van der Waals surface area (Å²) >= 11 is 0. The van der Waals surface area contributed by atoms with Gasteiger partial charge in [-0.2, -0.15) is 0 Å². The molecule has 0 amide bonds. The van der Waals surface area contributed by atoms with Gasteiger partial charge in [0, 0.05) is 19.4 Å². The highest BCUT2D eigenvalue weighted by atomic mass is 31.2. The molecule has 2 unspecified atom stereocenters. The highest BCUT2D eigenvalue weighted by Crippen LogP contribution is 2.43.